The fourth-order valence-electron chi connectivity index (χ4n) is 8.95. The van der Waals surface area contributed by atoms with Crippen molar-refractivity contribution in [3.63, 3.8) is 0 Å². The molecule has 0 aromatic rings. The molecule has 1 heterocycles. The predicted molar refractivity (Wildman–Crippen MR) is 255 cm³/mol. The molecule has 0 aromatic heterocycles. The molecule has 1 aliphatic heterocycles. The molecule has 1 aliphatic rings. The van der Waals surface area contributed by atoms with E-state index in [0.717, 1.165) is 38.5 Å². The van der Waals surface area contributed by atoms with E-state index in [9.17, 15) is 43.3 Å². The second kappa shape index (κ2) is 40.2. The molecule has 0 aromatic carbocycles. The highest BCUT2D eigenvalue weighted by Gasteiger charge is 2.51. The van der Waals surface area contributed by atoms with Gasteiger partial charge in [-0.3, -0.25) is 9.35 Å². The number of ether oxygens (including phenoxy) is 2. The normalized spacial score (nSPS) is 20.8. The number of carbonyl (C=O) groups excluding carboxylic acids is 1. The molecule has 1 saturated heterocycles. The van der Waals surface area contributed by atoms with Crippen molar-refractivity contribution in [3.05, 3.63) is 0 Å². The lowest BCUT2D eigenvalue weighted by Crippen LogP contribution is -2.62. The van der Waals surface area contributed by atoms with Crippen LogP contribution in [-0.2, 0) is 24.4 Å². The molecule has 1 rings (SSSR count). The van der Waals surface area contributed by atoms with Crippen LogP contribution >= 0.6 is 0 Å². The van der Waals surface area contributed by atoms with Crippen LogP contribution in [0.25, 0.3) is 0 Å². The first-order valence-electron chi connectivity index (χ1n) is 26.3. The number of aliphatic hydroxyl groups is 5. The van der Waals surface area contributed by atoms with E-state index in [4.69, 9.17) is 9.47 Å². The first-order valence-corrected chi connectivity index (χ1v) is 27.8. The van der Waals surface area contributed by atoms with Gasteiger partial charge in [0.2, 0.25) is 5.91 Å². The fourth-order valence-corrected chi connectivity index (χ4v) is 9.96. The van der Waals surface area contributed by atoms with Gasteiger partial charge < -0.3 is 40.3 Å². The molecule has 8 atom stereocenters. The van der Waals surface area contributed by atoms with Gasteiger partial charge in [-0.05, 0) is 12.8 Å². The molecule has 0 bridgehead atoms. The van der Waals surface area contributed by atoms with Crippen molar-refractivity contribution in [1.82, 2.24) is 5.32 Å². The minimum Gasteiger partial charge on any atom is -0.394 e. The zero-order valence-electron chi connectivity index (χ0n) is 40.3. The molecule has 0 saturated carbocycles. The van der Waals surface area contributed by atoms with E-state index in [-0.39, 0.29) is 12.3 Å². The van der Waals surface area contributed by atoms with Crippen molar-refractivity contribution < 1.29 is 52.8 Å². The van der Waals surface area contributed by atoms with E-state index >= 15 is 0 Å². The van der Waals surface area contributed by atoms with Crippen LogP contribution in [0, 0.1) is 0 Å². The first kappa shape index (κ1) is 60.1. The summed E-state index contributed by atoms with van der Waals surface area (Å²) in [6.45, 7) is 3.20. The van der Waals surface area contributed by atoms with Gasteiger partial charge in [-0.25, -0.2) is 0 Å². The average Bonchev–Trinajstić information content (AvgIpc) is 3.25. The molecule has 12 nitrogen and oxygen atoms in total. The molecule has 1 amide bonds. The lowest BCUT2D eigenvalue weighted by Gasteiger charge is -2.41. The third-order valence-corrected chi connectivity index (χ3v) is 14.4. The van der Waals surface area contributed by atoms with E-state index in [0.29, 0.717) is 19.3 Å². The Balaban J connectivity index is 2.38. The van der Waals surface area contributed by atoms with E-state index in [1.165, 1.54) is 173 Å². The summed E-state index contributed by atoms with van der Waals surface area (Å²) in [6, 6.07) is -1.13. The molecule has 376 valence electrons. The van der Waals surface area contributed by atoms with Gasteiger partial charge in [0, 0.05) is 6.42 Å². The third kappa shape index (κ3) is 30.9. The molecule has 7 N–H and O–H groups in total. The molecular formula is C50H99NO11S. The standard InChI is InChI=1S/C50H99NO11S/c1-3-5-7-9-11-13-15-17-18-19-20-21-22-23-24-25-26-27-29-31-33-35-37-39-45(54)51-42(41-61-50-48(57)49(63(58,59)60)47(56)44(40-52)62-50)46(55)43(53)38-36-34-32-30-28-16-14-12-10-8-6-4-2/h42-44,46-50,52-53,55-57H,3-41H2,1-2H3,(H,51,54)(H,58,59,60)/t42-,43+,44+,46-,47-,48+,49-,50-/m0/s1. The largest absolute Gasteiger partial charge is 0.394 e. The quantitative estimate of drug-likeness (QED) is 0.0226. The van der Waals surface area contributed by atoms with Gasteiger partial charge in [0.1, 0.15) is 29.7 Å². The number of hydrogen-bond acceptors (Lipinski definition) is 10. The number of unbranched alkanes of at least 4 members (excludes halogenated alkanes) is 33. The van der Waals surface area contributed by atoms with Crippen LogP contribution in [0.1, 0.15) is 251 Å². The number of carbonyl (C=O) groups is 1. The zero-order chi connectivity index (χ0) is 46.4. The summed E-state index contributed by atoms with van der Waals surface area (Å²) < 4.78 is 44.7. The van der Waals surface area contributed by atoms with Crippen molar-refractivity contribution in [2.24, 2.45) is 0 Å². The predicted octanol–water partition coefficient (Wildman–Crippen LogP) is 10.4. The summed E-state index contributed by atoms with van der Waals surface area (Å²) in [5.74, 6) is -0.340. The zero-order valence-corrected chi connectivity index (χ0v) is 41.1. The molecule has 0 spiro atoms. The topological polar surface area (TPSA) is 203 Å². The maximum atomic E-state index is 13.1. The van der Waals surface area contributed by atoms with E-state index in [1.807, 2.05) is 0 Å². The Labute approximate surface area is 385 Å². The lowest BCUT2D eigenvalue weighted by molar-refractivity contribution is -0.271. The van der Waals surface area contributed by atoms with Gasteiger partial charge in [-0.1, -0.05) is 232 Å². The fraction of sp³-hybridized carbons (Fsp3) is 0.980. The Morgan fingerprint density at radius 2 is 0.921 bits per heavy atom. The van der Waals surface area contributed by atoms with Gasteiger partial charge in [0.15, 0.2) is 6.29 Å². The van der Waals surface area contributed by atoms with Crippen molar-refractivity contribution in [3.8, 4) is 0 Å². The maximum absolute atomic E-state index is 13.1. The summed E-state index contributed by atoms with van der Waals surface area (Å²) in [5, 5.41) is 53.5. The second-order valence-electron chi connectivity index (χ2n) is 19.0. The number of nitrogens with one attached hydrogen (secondary N) is 1. The summed E-state index contributed by atoms with van der Waals surface area (Å²) in [5.41, 5.74) is 0. The van der Waals surface area contributed by atoms with Crippen LogP contribution < -0.4 is 5.32 Å². The van der Waals surface area contributed by atoms with Gasteiger partial charge >= 0.3 is 0 Å². The summed E-state index contributed by atoms with van der Waals surface area (Å²) >= 11 is 0. The van der Waals surface area contributed by atoms with Gasteiger partial charge in [-0.2, -0.15) is 8.42 Å². The summed E-state index contributed by atoms with van der Waals surface area (Å²) in [6.07, 6.45) is 34.2. The second-order valence-corrected chi connectivity index (χ2v) is 20.5. The monoisotopic (exact) mass is 922 g/mol. The van der Waals surface area contributed by atoms with Crippen LogP contribution in [-0.4, -0.2) is 106 Å². The van der Waals surface area contributed by atoms with Crippen LogP contribution in [0.15, 0.2) is 0 Å². The van der Waals surface area contributed by atoms with Crippen LogP contribution in [0.2, 0.25) is 0 Å². The highest BCUT2D eigenvalue weighted by Crippen LogP contribution is 2.27. The lowest BCUT2D eigenvalue weighted by atomic mass is 9.99. The van der Waals surface area contributed by atoms with Gasteiger partial charge in [-0.15, -0.1) is 0 Å². The van der Waals surface area contributed by atoms with Crippen molar-refractivity contribution in [1.29, 1.82) is 0 Å². The van der Waals surface area contributed by atoms with E-state index in [2.05, 4.69) is 19.2 Å². The molecular weight excluding hydrogens is 823 g/mol. The van der Waals surface area contributed by atoms with Crippen LogP contribution in [0.3, 0.4) is 0 Å². The molecule has 0 aliphatic carbocycles. The average molecular weight is 922 g/mol. The highest BCUT2D eigenvalue weighted by molar-refractivity contribution is 7.86. The Kier molecular flexibility index (Phi) is 38.4. The third-order valence-electron chi connectivity index (χ3n) is 13.1. The maximum Gasteiger partial charge on any atom is 0.273 e. The highest BCUT2D eigenvalue weighted by atomic mass is 32.2. The van der Waals surface area contributed by atoms with Gasteiger partial charge in [0.25, 0.3) is 10.1 Å². The Bertz CT molecular complexity index is 1150. The minimum absolute atomic E-state index is 0.212. The van der Waals surface area contributed by atoms with Crippen molar-refractivity contribution >= 4 is 16.0 Å². The van der Waals surface area contributed by atoms with Crippen molar-refractivity contribution in [2.45, 2.75) is 300 Å². The number of aliphatic hydroxyl groups excluding tert-OH is 5. The molecule has 1 fully saturated rings. The van der Waals surface area contributed by atoms with Crippen LogP contribution in [0.5, 0.6) is 0 Å². The molecule has 63 heavy (non-hydrogen) atoms. The van der Waals surface area contributed by atoms with Crippen LogP contribution in [0.4, 0.5) is 0 Å². The number of hydrogen-bond donors (Lipinski definition) is 7. The van der Waals surface area contributed by atoms with Crippen molar-refractivity contribution in [2.75, 3.05) is 13.2 Å². The molecule has 13 heteroatoms. The molecule has 0 unspecified atom stereocenters. The summed E-state index contributed by atoms with van der Waals surface area (Å²) in [7, 11) is -4.98. The summed E-state index contributed by atoms with van der Waals surface area (Å²) in [4.78, 5) is 13.1. The SMILES string of the molecule is CCCCCCCCCCCCCCCCCCCCCCCCCC(=O)N[C@@H](CO[C@H]1O[C@H](CO)[C@H](O)[C@H](S(=O)(=O)O)[C@H]1O)[C@H](O)[C@H](O)CCCCCCCCCCCCCC. The van der Waals surface area contributed by atoms with E-state index in [1.54, 1.807) is 0 Å². The number of rotatable bonds is 45. The molecule has 0 radical (unpaired) electrons. The van der Waals surface area contributed by atoms with E-state index < -0.39 is 71.4 Å². The number of amides is 1. The smallest absolute Gasteiger partial charge is 0.273 e. The first-order chi connectivity index (χ1) is 30.5. The Morgan fingerprint density at radius 1 is 0.571 bits per heavy atom. The Morgan fingerprint density at radius 3 is 1.27 bits per heavy atom. The Hall–Kier alpha value is -0.900. The van der Waals surface area contributed by atoms with Gasteiger partial charge in [0.05, 0.1) is 25.4 Å². The minimum atomic E-state index is -4.98.